The van der Waals surface area contributed by atoms with Crippen LogP contribution >= 0.6 is 0 Å². The fraction of sp³-hybridized carbons (Fsp3) is 0.138. The highest BCUT2D eigenvalue weighted by molar-refractivity contribution is 5.97. The summed E-state index contributed by atoms with van der Waals surface area (Å²) in [5.74, 6) is -0.0515. The molecule has 0 fully saturated rings. The zero-order chi connectivity index (χ0) is 24.5. The summed E-state index contributed by atoms with van der Waals surface area (Å²) >= 11 is 0. The number of benzene rings is 3. The first kappa shape index (κ1) is 23.7. The minimum atomic E-state index is -0.410. The van der Waals surface area contributed by atoms with Gasteiger partial charge in [-0.15, -0.1) is 0 Å². The van der Waals surface area contributed by atoms with Crippen LogP contribution in [-0.4, -0.2) is 30.6 Å². The Hall–Kier alpha value is -4.45. The molecule has 3 aromatic carbocycles. The van der Waals surface area contributed by atoms with Crippen LogP contribution in [0.3, 0.4) is 0 Å². The lowest BCUT2D eigenvalue weighted by atomic mass is 10.1. The Labute approximate surface area is 204 Å². The van der Waals surface area contributed by atoms with Gasteiger partial charge < -0.3 is 14.8 Å². The molecule has 176 valence electrons. The molecule has 0 bridgehead atoms. The third-order valence-electron chi connectivity index (χ3n) is 5.45. The highest BCUT2D eigenvalue weighted by Crippen LogP contribution is 2.25. The van der Waals surface area contributed by atoms with Crippen LogP contribution in [0.15, 0.2) is 91.0 Å². The van der Waals surface area contributed by atoms with Crippen LogP contribution < -0.4 is 10.1 Å². The summed E-state index contributed by atoms with van der Waals surface area (Å²) < 4.78 is 10.7. The van der Waals surface area contributed by atoms with E-state index in [4.69, 9.17) is 4.74 Å². The minimum absolute atomic E-state index is 0.279. The molecular weight excluding hydrogens is 440 g/mol. The van der Waals surface area contributed by atoms with E-state index in [0.717, 1.165) is 22.9 Å². The molecule has 35 heavy (non-hydrogen) atoms. The Morgan fingerprint density at radius 1 is 0.914 bits per heavy atom. The molecule has 6 heteroatoms. The van der Waals surface area contributed by atoms with E-state index < -0.39 is 5.97 Å². The topological polar surface area (TPSA) is 77.5 Å². The van der Waals surface area contributed by atoms with Gasteiger partial charge in [-0.05, 0) is 34.9 Å². The third-order valence-corrected chi connectivity index (χ3v) is 5.45. The lowest BCUT2D eigenvalue weighted by Crippen LogP contribution is -2.24. The van der Waals surface area contributed by atoms with Crippen LogP contribution in [0.5, 0.6) is 5.75 Å². The predicted molar refractivity (Wildman–Crippen MR) is 136 cm³/mol. The predicted octanol–water partition coefficient (Wildman–Crippen LogP) is 4.97. The highest BCUT2D eigenvalue weighted by atomic mass is 16.5. The van der Waals surface area contributed by atoms with Gasteiger partial charge in [0.25, 0.3) is 5.91 Å². The number of methoxy groups -OCH3 is 1. The Bertz CT molecular complexity index is 1330. The molecule has 0 radical (unpaired) electrons. The number of hydrogen-bond acceptors (Lipinski definition) is 5. The second-order valence-corrected chi connectivity index (χ2v) is 7.89. The van der Waals surface area contributed by atoms with Crippen LogP contribution in [0.25, 0.3) is 17.0 Å². The maximum Gasteiger partial charge on any atom is 0.330 e. The largest absolute Gasteiger partial charge is 0.492 e. The van der Waals surface area contributed by atoms with E-state index in [1.165, 1.54) is 18.7 Å². The minimum Gasteiger partial charge on any atom is -0.492 e. The Kier molecular flexibility index (Phi) is 7.86. The van der Waals surface area contributed by atoms with Crippen LogP contribution in [0, 0.1) is 0 Å². The SMILES string of the molecule is COC(=O)/C=C/c1ccc(CNC(=O)c2cc(OCCc3ccccc3)c3ccccc3n2)cc1. The van der Waals surface area contributed by atoms with Gasteiger partial charge in [0, 0.05) is 30.5 Å². The van der Waals surface area contributed by atoms with Crippen LogP contribution in [0.4, 0.5) is 0 Å². The van der Waals surface area contributed by atoms with E-state index in [2.05, 4.69) is 27.2 Å². The van der Waals surface area contributed by atoms with E-state index in [1.54, 1.807) is 12.1 Å². The molecule has 1 N–H and O–H groups in total. The van der Waals surface area contributed by atoms with Crippen molar-refractivity contribution in [1.82, 2.24) is 10.3 Å². The number of hydrogen-bond donors (Lipinski definition) is 1. The molecule has 1 amide bonds. The first-order valence-corrected chi connectivity index (χ1v) is 11.3. The van der Waals surface area contributed by atoms with E-state index in [0.29, 0.717) is 30.1 Å². The number of carbonyl (C=O) groups excluding carboxylic acids is 2. The molecule has 0 aliphatic heterocycles. The zero-order valence-corrected chi connectivity index (χ0v) is 19.4. The standard InChI is InChI=1S/C29H26N2O4/c1-34-28(32)16-15-22-11-13-23(14-12-22)20-30-29(33)26-19-27(24-9-5-6-10-25(24)31-26)35-18-17-21-7-3-2-4-8-21/h2-16,19H,17-18,20H2,1H3,(H,30,33)/b16-15+. The molecule has 0 atom stereocenters. The van der Waals surface area contributed by atoms with Gasteiger partial charge in [0.1, 0.15) is 11.4 Å². The summed E-state index contributed by atoms with van der Waals surface area (Å²) in [5.41, 5.74) is 3.98. The van der Waals surface area contributed by atoms with Gasteiger partial charge in [0.2, 0.25) is 0 Å². The number of amides is 1. The molecule has 4 aromatic rings. The average molecular weight is 467 g/mol. The van der Waals surface area contributed by atoms with Gasteiger partial charge in [-0.3, -0.25) is 4.79 Å². The van der Waals surface area contributed by atoms with Crippen molar-refractivity contribution in [2.75, 3.05) is 13.7 Å². The molecule has 0 unspecified atom stereocenters. The Balaban J connectivity index is 1.42. The smallest absolute Gasteiger partial charge is 0.330 e. The summed E-state index contributed by atoms with van der Waals surface area (Å²) in [6.45, 7) is 0.842. The first-order valence-electron chi connectivity index (χ1n) is 11.3. The van der Waals surface area contributed by atoms with Gasteiger partial charge in [-0.25, -0.2) is 9.78 Å². The molecule has 0 saturated heterocycles. The maximum atomic E-state index is 12.9. The van der Waals surface area contributed by atoms with E-state index >= 15 is 0 Å². The molecule has 0 aliphatic rings. The molecule has 6 nitrogen and oxygen atoms in total. The van der Waals surface area contributed by atoms with E-state index in [1.807, 2.05) is 66.7 Å². The Morgan fingerprint density at radius 2 is 1.66 bits per heavy atom. The van der Waals surface area contributed by atoms with Gasteiger partial charge in [0.05, 0.1) is 19.2 Å². The quantitative estimate of drug-likeness (QED) is 0.278. The fourth-order valence-electron chi connectivity index (χ4n) is 3.55. The molecule has 4 rings (SSSR count). The second kappa shape index (κ2) is 11.6. The van der Waals surface area contributed by atoms with Crippen LogP contribution in [-0.2, 0) is 22.5 Å². The lowest BCUT2D eigenvalue weighted by Gasteiger charge is -2.12. The van der Waals surface area contributed by atoms with Gasteiger partial charge in [-0.1, -0.05) is 66.7 Å². The summed E-state index contributed by atoms with van der Waals surface area (Å²) in [6, 6.07) is 27.0. The van der Waals surface area contributed by atoms with Crippen molar-refractivity contribution in [3.05, 3.63) is 113 Å². The summed E-state index contributed by atoms with van der Waals surface area (Å²) in [6.07, 6.45) is 3.80. The molecule has 0 saturated carbocycles. The Morgan fingerprint density at radius 3 is 2.43 bits per heavy atom. The summed E-state index contributed by atoms with van der Waals surface area (Å²) in [4.78, 5) is 28.6. The number of fused-ring (bicyclic) bond motifs is 1. The van der Waals surface area contributed by atoms with Crippen molar-refractivity contribution >= 4 is 28.9 Å². The third kappa shape index (κ3) is 6.54. The van der Waals surface area contributed by atoms with Crippen molar-refractivity contribution in [3.63, 3.8) is 0 Å². The van der Waals surface area contributed by atoms with Crippen molar-refractivity contribution < 1.29 is 19.1 Å². The zero-order valence-electron chi connectivity index (χ0n) is 19.4. The number of rotatable bonds is 9. The van der Waals surface area contributed by atoms with Gasteiger partial charge in [-0.2, -0.15) is 0 Å². The highest BCUT2D eigenvalue weighted by Gasteiger charge is 2.13. The molecule has 0 aliphatic carbocycles. The summed E-state index contributed by atoms with van der Waals surface area (Å²) in [7, 11) is 1.34. The lowest BCUT2D eigenvalue weighted by molar-refractivity contribution is -0.134. The maximum absolute atomic E-state index is 12.9. The van der Waals surface area contributed by atoms with Crippen LogP contribution in [0.1, 0.15) is 27.2 Å². The van der Waals surface area contributed by atoms with Gasteiger partial charge in [0.15, 0.2) is 0 Å². The van der Waals surface area contributed by atoms with Crippen molar-refractivity contribution in [2.24, 2.45) is 0 Å². The summed E-state index contributed by atoms with van der Waals surface area (Å²) in [5, 5.41) is 3.79. The fourth-order valence-corrected chi connectivity index (χ4v) is 3.55. The van der Waals surface area contributed by atoms with Crippen LogP contribution in [0.2, 0.25) is 0 Å². The van der Waals surface area contributed by atoms with Crippen molar-refractivity contribution in [1.29, 1.82) is 0 Å². The number of carbonyl (C=O) groups is 2. The molecule has 1 aromatic heterocycles. The second-order valence-electron chi connectivity index (χ2n) is 7.89. The van der Waals surface area contributed by atoms with Crippen molar-refractivity contribution in [2.45, 2.75) is 13.0 Å². The molecule has 1 heterocycles. The number of aromatic nitrogens is 1. The first-order chi connectivity index (χ1) is 17.1. The molecular formula is C29H26N2O4. The number of pyridine rings is 1. The number of para-hydroxylation sites is 1. The average Bonchev–Trinajstić information content (AvgIpc) is 2.91. The number of nitrogens with zero attached hydrogens (tertiary/aromatic N) is 1. The van der Waals surface area contributed by atoms with E-state index in [9.17, 15) is 9.59 Å². The normalized spacial score (nSPS) is 10.9. The van der Waals surface area contributed by atoms with E-state index in [-0.39, 0.29) is 5.91 Å². The monoisotopic (exact) mass is 466 g/mol. The van der Waals surface area contributed by atoms with Crippen molar-refractivity contribution in [3.8, 4) is 5.75 Å². The number of nitrogens with one attached hydrogen (secondary N) is 1. The number of ether oxygens (including phenoxy) is 2. The molecule has 0 spiro atoms. The number of esters is 1. The van der Waals surface area contributed by atoms with Gasteiger partial charge >= 0.3 is 5.97 Å².